The number of amides is 1. The van der Waals surface area contributed by atoms with Gasteiger partial charge in [0, 0.05) is 6.54 Å². The SMILES string of the molecule is CSCC[C@H](N)C(=O)NCCC1CCCCC1.Cl. The number of hydrogen-bond acceptors (Lipinski definition) is 3. The Morgan fingerprint density at radius 3 is 2.67 bits per heavy atom. The molecule has 1 aliphatic rings. The van der Waals surface area contributed by atoms with Gasteiger partial charge in [0.2, 0.25) is 5.91 Å². The highest BCUT2D eigenvalue weighted by atomic mass is 35.5. The normalized spacial score (nSPS) is 17.9. The van der Waals surface area contributed by atoms with Crippen LogP contribution in [0.15, 0.2) is 0 Å². The summed E-state index contributed by atoms with van der Waals surface area (Å²) < 4.78 is 0. The second-order valence-electron chi connectivity index (χ2n) is 4.97. The van der Waals surface area contributed by atoms with Gasteiger partial charge in [-0.15, -0.1) is 12.4 Å². The van der Waals surface area contributed by atoms with Crippen molar-refractivity contribution in [1.29, 1.82) is 0 Å². The lowest BCUT2D eigenvalue weighted by atomic mass is 9.87. The summed E-state index contributed by atoms with van der Waals surface area (Å²) in [5.41, 5.74) is 5.80. The minimum absolute atomic E-state index is 0. The number of halogens is 1. The maximum absolute atomic E-state index is 11.6. The second-order valence-corrected chi connectivity index (χ2v) is 5.96. The van der Waals surface area contributed by atoms with Gasteiger partial charge in [0.15, 0.2) is 0 Å². The van der Waals surface area contributed by atoms with Gasteiger partial charge in [0.05, 0.1) is 6.04 Å². The minimum Gasteiger partial charge on any atom is -0.355 e. The van der Waals surface area contributed by atoms with Crippen LogP contribution in [0, 0.1) is 5.92 Å². The molecular weight excluding hydrogens is 268 g/mol. The van der Waals surface area contributed by atoms with Gasteiger partial charge < -0.3 is 11.1 Å². The van der Waals surface area contributed by atoms with Gasteiger partial charge in [-0.25, -0.2) is 0 Å². The Hall–Kier alpha value is 0.0700. The van der Waals surface area contributed by atoms with Gasteiger partial charge in [0.25, 0.3) is 0 Å². The molecule has 1 fully saturated rings. The highest BCUT2D eigenvalue weighted by molar-refractivity contribution is 7.98. The third-order valence-corrected chi connectivity index (χ3v) is 4.19. The molecule has 0 spiro atoms. The summed E-state index contributed by atoms with van der Waals surface area (Å²) in [5, 5.41) is 2.97. The summed E-state index contributed by atoms with van der Waals surface area (Å²) in [6, 6.07) is -0.325. The molecule has 1 saturated carbocycles. The van der Waals surface area contributed by atoms with E-state index in [1.54, 1.807) is 11.8 Å². The van der Waals surface area contributed by atoms with Crippen molar-refractivity contribution in [2.24, 2.45) is 11.7 Å². The molecule has 18 heavy (non-hydrogen) atoms. The lowest BCUT2D eigenvalue weighted by molar-refractivity contribution is -0.122. The fourth-order valence-corrected chi connectivity index (χ4v) is 2.87. The highest BCUT2D eigenvalue weighted by Gasteiger charge is 2.15. The molecule has 0 aromatic rings. The van der Waals surface area contributed by atoms with Crippen molar-refractivity contribution in [1.82, 2.24) is 5.32 Å². The molecule has 3 nitrogen and oxygen atoms in total. The summed E-state index contributed by atoms with van der Waals surface area (Å²) in [6.45, 7) is 0.802. The molecular formula is C13H27ClN2OS. The molecule has 3 N–H and O–H groups in total. The lowest BCUT2D eigenvalue weighted by Crippen LogP contribution is -2.41. The van der Waals surface area contributed by atoms with E-state index in [2.05, 4.69) is 5.32 Å². The van der Waals surface area contributed by atoms with Crippen molar-refractivity contribution < 1.29 is 4.79 Å². The number of carbonyl (C=O) groups is 1. The Bertz CT molecular complexity index is 223. The van der Waals surface area contributed by atoms with Crippen molar-refractivity contribution in [2.45, 2.75) is 51.0 Å². The van der Waals surface area contributed by atoms with E-state index in [1.165, 1.54) is 32.1 Å². The quantitative estimate of drug-likeness (QED) is 0.759. The molecule has 0 unspecified atom stereocenters. The molecule has 1 rings (SSSR count). The topological polar surface area (TPSA) is 55.1 Å². The molecule has 1 amide bonds. The molecule has 0 radical (unpaired) electrons. The zero-order chi connectivity index (χ0) is 12.5. The maximum atomic E-state index is 11.6. The zero-order valence-electron chi connectivity index (χ0n) is 11.3. The summed E-state index contributed by atoms with van der Waals surface area (Å²) in [4.78, 5) is 11.6. The second kappa shape index (κ2) is 10.9. The van der Waals surface area contributed by atoms with E-state index in [-0.39, 0.29) is 24.4 Å². The van der Waals surface area contributed by atoms with Crippen LogP contribution in [-0.4, -0.2) is 30.5 Å². The van der Waals surface area contributed by atoms with Crippen LogP contribution in [0.5, 0.6) is 0 Å². The molecule has 0 saturated heterocycles. The van der Waals surface area contributed by atoms with Crippen molar-refractivity contribution in [2.75, 3.05) is 18.6 Å². The Morgan fingerprint density at radius 2 is 2.06 bits per heavy atom. The molecule has 1 aliphatic carbocycles. The first kappa shape index (κ1) is 18.1. The monoisotopic (exact) mass is 294 g/mol. The third-order valence-electron chi connectivity index (χ3n) is 3.55. The van der Waals surface area contributed by atoms with E-state index in [1.807, 2.05) is 6.26 Å². The van der Waals surface area contributed by atoms with Crippen LogP contribution in [0.1, 0.15) is 44.9 Å². The first-order valence-corrected chi connectivity index (χ1v) is 8.15. The standard InChI is InChI=1S/C13H26N2OS.ClH/c1-17-10-8-12(14)13(16)15-9-7-11-5-3-2-4-6-11;/h11-12H,2-10,14H2,1H3,(H,15,16);1H/t12-;/m0./s1. The van der Waals surface area contributed by atoms with E-state index in [9.17, 15) is 4.79 Å². The van der Waals surface area contributed by atoms with Gasteiger partial charge in [-0.3, -0.25) is 4.79 Å². The molecule has 0 aliphatic heterocycles. The van der Waals surface area contributed by atoms with Crippen LogP contribution in [0.25, 0.3) is 0 Å². The van der Waals surface area contributed by atoms with Crippen LogP contribution < -0.4 is 11.1 Å². The molecule has 1 atom stereocenters. The lowest BCUT2D eigenvalue weighted by Gasteiger charge is -2.21. The van der Waals surface area contributed by atoms with Gasteiger partial charge >= 0.3 is 0 Å². The van der Waals surface area contributed by atoms with Crippen LogP contribution >= 0.6 is 24.2 Å². The zero-order valence-corrected chi connectivity index (χ0v) is 13.0. The highest BCUT2D eigenvalue weighted by Crippen LogP contribution is 2.25. The third kappa shape index (κ3) is 7.49. The molecule has 108 valence electrons. The van der Waals surface area contributed by atoms with Crippen molar-refractivity contribution in [3.63, 3.8) is 0 Å². The van der Waals surface area contributed by atoms with Gasteiger partial charge in [0.1, 0.15) is 0 Å². The van der Waals surface area contributed by atoms with Crippen LogP contribution in [-0.2, 0) is 4.79 Å². The maximum Gasteiger partial charge on any atom is 0.236 e. The van der Waals surface area contributed by atoms with E-state index in [0.717, 1.165) is 31.1 Å². The van der Waals surface area contributed by atoms with E-state index < -0.39 is 0 Å². The number of nitrogens with one attached hydrogen (secondary N) is 1. The summed E-state index contributed by atoms with van der Waals surface area (Å²) in [6.07, 6.45) is 10.7. The average Bonchev–Trinajstić information content (AvgIpc) is 2.37. The first-order valence-electron chi connectivity index (χ1n) is 6.76. The van der Waals surface area contributed by atoms with E-state index in [4.69, 9.17) is 5.73 Å². The number of rotatable bonds is 7. The fourth-order valence-electron chi connectivity index (χ4n) is 2.38. The largest absolute Gasteiger partial charge is 0.355 e. The molecule has 5 heteroatoms. The average molecular weight is 295 g/mol. The Kier molecular flexibility index (Phi) is 11.0. The first-order chi connectivity index (χ1) is 8.24. The van der Waals surface area contributed by atoms with Crippen LogP contribution in [0.4, 0.5) is 0 Å². The molecule has 0 aromatic heterocycles. The molecule has 0 aromatic carbocycles. The van der Waals surface area contributed by atoms with Crippen LogP contribution in [0.3, 0.4) is 0 Å². The van der Waals surface area contributed by atoms with Gasteiger partial charge in [-0.2, -0.15) is 11.8 Å². The number of nitrogens with two attached hydrogens (primary N) is 1. The fraction of sp³-hybridized carbons (Fsp3) is 0.923. The molecule has 0 bridgehead atoms. The van der Waals surface area contributed by atoms with Gasteiger partial charge in [-0.1, -0.05) is 32.1 Å². The number of hydrogen-bond donors (Lipinski definition) is 2. The smallest absolute Gasteiger partial charge is 0.236 e. The van der Waals surface area contributed by atoms with Crippen molar-refractivity contribution in [3.8, 4) is 0 Å². The van der Waals surface area contributed by atoms with Crippen molar-refractivity contribution >= 4 is 30.1 Å². The Balaban J connectivity index is 0.00000289. The number of thioether (sulfide) groups is 1. The minimum atomic E-state index is -0.325. The summed E-state index contributed by atoms with van der Waals surface area (Å²) in [5.74, 6) is 1.80. The van der Waals surface area contributed by atoms with Crippen LogP contribution in [0.2, 0.25) is 0 Å². The van der Waals surface area contributed by atoms with Gasteiger partial charge in [-0.05, 0) is 30.8 Å². The Morgan fingerprint density at radius 1 is 1.39 bits per heavy atom. The van der Waals surface area contributed by atoms with Crippen molar-refractivity contribution in [3.05, 3.63) is 0 Å². The summed E-state index contributed by atoms with van der Waals surface area (Å²) in [7, 11) is 0. The predicted molar refractivity (Wildman–Crippen MR) is 82.4 cm³/mol. The molecule has 0 heterocycles. The van der Waals surface area contributed by atoms with E-state index in [0.29, 0.717) is 0 Å². The Labute approximate surface area is 121 Å². The van der Waals surface area contributed by atoms with E-state index >= 15 is 0 Å². The number of carbonyl (C=O) groups excluding carboxylic acids is 1. The summed E-state index contributed by atoms with van der Waals surface area (Å²) >= 11 is 1.73. The predicted octanol–water partition coefficient (Wildman–Crippen LogP) is 2.58.